The topological polar surface area (TPSA) is 36.9 Å². The molecule has 1 aromatic rings. The number of rotatable bonds is 7. The molecule has 0 aliphatic rings. The Morgan fingerprint density at radius 2 is 2.10 bits per heavy atom. The Bertz CT molecular complexity index is 397. The van der Waals surface area contributed by atoms with Crippen molar-refractivity contribution < 1.29 is 4.74 Å². The number of nitrogens with one attached hydrogen (secondary N) is 1. The van der Waals surface area contributed by atoms with Crippen molar-refractivity contribution in [3.8, 4) is 5.75 Å². The van der Waals surface area contributed by atoms with E-state index in [9.17, 15) is 0 Å². The van der Waals surface area contributed by atoms with Crippen molar-refractivity contribution >= 4 is 17.7 Å². The summed E-state index contributed by atoms with van der Waals surface area (Å²) in [5.74, 6) is 1.81. The average Bonchev–Trinajstić information content (AvgIpc) is 2.48. The standard InChI is InChI=1S/C15H25N3OS/c1-13(20-4)12-17-15(16-2)18(3)10-11-19-14-8-6-5-7-9-14/h5-9,13H,10-12H2,1-4H3,(H,16,17). The number of aliphatic imine (C=N–C) groups is 1. The molecule has 4 nitrogen and oxygen atoms in total. The predicted molar refractivity (Wildman–Crippen MR) is 88.9 cm³/mol. The molecule has 0 radical (unpaired) electrons. The van der Waals surface area contributed by atoms with E-state index in [2.05, 4.69) is 28.4 Å². The van der Waals surface area contributed by atoms with Gasteiger partial charge in [0.2, 0.25) is 0 Å². The van der Waals surface area contributed by atoms with Crippen LogP contribution in [0, 0.1) is 0 Å². The molecular formula is C15H25N3OS. The van der Waals surface area contributed by atoms with Gasteiger partial charge in [-0.1, -0.05) is 25.1 Å². The van der Waals surface area contributed by atoms with Gasteiger partial charge >= 0.3 is 0 Å². The lowest BCUT2D eigenvalue weighted by Gasteiger charge is -2.23. The van der Waals surface area contributed by atoms with Crippen LogP contribution in [0.15, 0.2) is 35.3 Å². The third-order valence-electron chi connectivity index (χ3n) is 2.96. The van der Waals surface area contributed by atoms with Crippen molar-refractivity contribution in [2.45, 2.75) is 12.2 Å². The summed E-state index contributed by atoms with van der Waals surface area (Å²) >= 11 is 1.84. The Balaban J connectivity index is 2.31. The molecule has 0 saturated heterocycles. The van der Waals surface area contributed by atoms with E-state index in [0.717, 1.165) is 24.8 Å². The van der Waals surface area contributed by atoms with Gasteiger partial charge in [0.15, 0.2) is 5.96 Å². The third kappa shape index (κ3) is 6.19. The minimum Gasteiger partial charge on any atom is -0.492 e. The molecule has 0 spiro atoms. The van der Waals surface area contributed by atoms with Gasteiger partial charge in [0.1, 0.15) is 12.4 Å². The molecule has 20 heavy (non-hydrogen) atoms. The first-order chi connectivity index (χ1) is 9.67. The number of hydrogen-bond donors (Lipinski definition) is 1. The first-order valence-corrected chi connectivity index (χ1v) is 8.08. The molecule has 0 bridgehead atoms. The van der Waals surface area contributed by atoms with Gasteiger partial charge in [-0.05, 0) is 18.4 Å². The predicted octanol–water partition coefficient (Wildman–Crippen LogP) is 2.32. The van der Waals surface area contributed by atoms with Crippen LogP contribution in [0.5, 0.6) is 5.75 Å². The van der Waals surface area contributed by atoms with Crippen LogP contribution in [-0.2, 0) is 0 Å². The summed E-state index contributed by atoms with van der Waals surface area (Å²) in [5.41, 5.74) is 0. The maximum Gasteiger partial charge on any atom is 0.193 e. The van der Waals surface area contributed by atoms with Crippen molar-refractivity contribution in [3.05, 3.63) is 30.3 Å². The highest BCUT2D eigenvalue weighted by atomic mass is 32.2. The van der Waals surface area contributed by atoms with Crippen LogP contribution < -0.4 is 10.1 Å². The van der Waals surface area contributed by atoms with Crippen molar-refractivity contribution in [3.63, 3.8) is 0 Å². The van der Waals surface area contributed by atoms with Crippen LogP contribution >= 0.6 is 11.8 Å². The van der Waals surface area contributed by atoms with Crippen molar-refractivity contribution in [1.29, 1.82) is 0 Å². The van der Waals surface area contributed by atoms with Crippen LogP contribution in [0.2, 0.25) is 0 Å². The fraction of sp³-hybridized carbons (Fsp3) is 0.533. The molecular weight excluding hydrogens is 270 g/mol. The third-order valence-corrected chi connectivity index (χ3v) is 3.93. The fourth-order valence-corrected chi connectivity index (χ4v) is 1.88. The highest BCUT2D eigenvalue weighted by Gasteiger charge is 2.07. The van der Waals surface area contributed by atoms with Gasteiger partial charge in [0, 0.05) is 25.9 Å². The molecule has 1 aromatic carbocycles. The first kappa shape index (κ1) is 16.7. The summed E-state index contributed by atoms with van der Waals surface area (Å²) in [7, 11) is 3.83. The Morgan fingerprint density at radius 3 is 2.70 bits per heavy atom. The molecule has 0 aliphatic carbocycles. The summed E-state index contributed by atoms with van der Waals surface area (Å²) in [6.07, 6.45) is 2.12. The minimum absolute atomic E-state index is 0.570. The van der Waals surface area contributed by atoms with Gasteiger partial charge in [0.05, 0.1) is 6.54 Å². The Morgan fingerprint density at radius 1 is 1.40 bits per heavy atom. The van der Waals surface area contributed by atoms with Crippen LogP contribution in [0.3, 0.4) is 0 Å². The maximum absolute atomic E-state index is 5.69. The van der Waals surface area contributed by atoms with Crippen LogP contribution in [0.1, 0.15) is 6.92 Å². The SMILES string of the molecule is CN=C(NCC(C)SC)N(C)CCOc1ccccc1. The normalized spacial score (nSPS) is 12.9. The van der Waals surface area contributed by atoms with E-state index in [-0.39, 0.29) is 0 Å². The van der Waals surface area contributed by atoms with Crippen LogP contribution in [-0.4, -0.2) is 56.2 Å². The van der Waals surface area contributed by atoms with E-state index >= 15 is 0 Å². The molecule has 0 aromatic heterocycles. The minimum atomic E-state index is 0.570. The van der Waals surface area contributed by atoms with Gasteiger partial charge in [-0.2, -0.15) is 11.8 Å². The van der Waals surface area contributed by atoms with E-state index in [0.29, 0.717) is 11.9 Å². The quantitative estimate of drug-likeness (QED) is 0.619. The van der Waals surface area contributed by atoms with Crippen LogP contribution in [0.25, 0.3) is 0 Å². The number of para-hydroxylation sites is 1. The second kappa shape index (κ2) is 9.53. The second-order valence-corrected chi connectivity index (χ2v) is 5.83. The summed E-state index contributed by atoms with van der Waals surface area (Å²) in [6.45, 7) is 4.54. The zero-order valence-electron chi connectivity index (χ0n) is 12.8. The van der Waals surface area contributed by atoms with Crippen molar-refractivity contribution in [2.24, 2.45) is 4.99 Å². The van der Waals surface area contributed by atoms with E-state index in [1.54, 1.807) is 7.05 Å². The Hall–Kier alpha value is -1.36. The number of hydrogen-bond acceptors (Lipinski definition) is 3. The fourth-order valence-electron chi connectivity index (χ4n) is 1.63. The first-order valence-electron chi connectivity index (χ1n) is 6.79. The lowest BCUT2D eigenvalue weighted by molar-refractivity contribution is 0.281. The number of guanidine groups is 1. The highest BCUT2D eigenvalue weighted by molar-refractivity contribution is 7.99. The van der Waals surface area contributed by atoms with Crippen LogP contribution in [0.4, 0.5) is 0 Å². The number of nitrogens with zero attached hydrogens (tertiary/aromatic N) is 2. The van der Waals surface area contributed by atoms with E-state index in [1.165, 1.54) is 0 Å². The summed E-state index contributed by atoms with van der Waals surface area (Å²) < 4.78 is 5.69. The van der Waals surface area contributed by atoms with Gasteiger partial charge in [0.25, 0.3) is 0 Å². The van der Waals surface area contributed by atoms with Crippen molar-refractivity contribution in [2.75, 3.05) is 40.0 Å². The number of thioether (sulfide) groups is 1. The molecule has 1 rings (SSSR count). The average molecular weight is 295 g/mol. The molecule has 1 unspecified atom stereocenters. The molecule has 0 fully saturated rings. The Labute approximate surface area is 126 Å². The molecule has 0 heterocycles. The molecule has 0 amide bonds. The van der Waals surface area contributed by atoms with Crippen molar-refractivity contribution in [1.82, 2.24) is 10.2 Å². The lowest BCUT2D eigenvalue weighted by atomic mass is 10.3. The molecule has 1 atom stereocenters. The van der Waals surface area contributed by atoms with Gasteiger partial charge in [-0.3, -0.25) is 4.99 Å². The largest absolute Gasteiger partial charge is 0.492 e. The monoisotopic (exact) mass is 295 g/mol. The van der Waals surface area contributed by atoms with Gasteiger partial charge in [-0.25, -0.2) is 0 Å². The molecule has 0 saturated carbocycles. The zero-order valence-corrected chi connectivity index (χ0v) is 13.6. The summed E-state index contributed by atoms with van der Waals surface area (Å²) in [4.78, 5) is 6.37. The van der Waals surface area contributed by atoms with Gasteiger partial charge < -0.3 is 15.0 Å². The highest BCUT2D eigenvalue weighted by Crippen LogP contribution is 2.08. The zero-order chi connectivity index (χ0) is 14.8. The number of benzene rings is 1. The molecule has 5 heteroatoms. The second-order valence-electron chi connectivity index (χ2n) is 4.56. The number of ether oxygens (including phenoxy) is 1. The van der Waals surface area contributed by atoms with E-state index < -0.39 is 0 Å². The smallest absolute Gasteiger partial charge is 0.193 e. The summed E-state index contributed by atoms with van der Waals surface area (Å²) in [5, 5.41) is 3.94. The maximum atomic E-state index is 5.69. The van der Waals surface area contributed by atoms with E-state index in [4.69, 9.17) is 4.74 Å². The number of likely N-dealkylation sites (N-methyl/N-ethyl adjacent to an activating group) is 1. The van der Waals surface area contributed by atoms with E-state index in [1.807, 2.05) is 49.1 Å². The summed E-state index contributed by atoms with van der Waals surface area (Å²) in [6, 6.07) is 9.87. The van der Waals surface area contributed by atoms with Gasteiger partial charge in [-0.15, -0.1) is 0 Å². The molecule has 0 aliphatic heterocycles. The molecule has 112 valence electrons. The molecule has 1 N–H and O–H groups in total. The lowest BCUT2D eigenvalue weighted by Crippen LogP contribution is -2.42. The Kier molecular flexibility index (Phi) is 7.95.